The van der Waals surface area contributed by atoms with Crippen LogP contribution in [0.25, 0.3) is 32.0 Å². The Morgan fingerprint density at radius 3 is 2.69 bits per heavy atom. The van der Waals surface area contributed by atoms with Gasteiger partial charge in [-0.3, -0.25) is 4.98 Å². The molecule has 4 nitrogen and oxygen atoms in total. The first-order valence-electron chi connectivity index (χ1n) is 9.41. The minimum Gasteiger partial charge on any atom is -0.332 e. The highest BCUT2D eigenvalue weighted by Crippen LogP contribution is 2.32. The topological polar surface area (TPSA) is 50.7 Å². The Morgan fingerprint density at radius 2 is 1.83 bits per heavy atom. The molecule has 2 aromatic carbocycles. The van der Waals surface area contributed by atoms with Gasteiger partial charge in [0.1, 0.15) is 5.01 Å². The second kappa shape index (κ2) is 7.73. The number of aromatic nitrogens is 3. The Balaban J connectivity index is 1.41. The van der Waals surface area contributed by atoms with Crippen LogP contribution in [0, 0.1) is 0 Å². The minimum atomic E-state index is 0.904. The number of nitrogens with one attached hydrogen (secondary N) is 1. The fourth-order valence-electron chi connectivity index (χ4n) is 3.16. The SMILES string of the molecule is CCc1ccc2nc(Nc3cccc(-c4csc(-c5ccncc5)n4)c3)sc2c1. The molecular formula is C23H18N4S2. The van der Waals surface area contributed by atoms with Crippen molar-refractivity contribution in [2.24, 2.45) is 0 Å². The number of thiazole rings is 2. The molecule has 5 aromatic rings. The average Bonchev–Trinajstić information content (AvgIpc) is 3.41. The maximum Gasteiger partial charge on any atom is 0.188 e. The van der Waals surface area contributed by atoms with E-state index in [2.05, 4.69) is 59.0 Å². The molecule has 142 valence electrons. The van der Waals surface area contributed by atoms with Crippen molar-refractivity contribution in [3.8, 4) is 21.8 Å². The van der Waals surface area contributed by atoms with Gasteiger partial charge in [0, 0.05) is 34.6 Å². The lowest BCUT2D eigenvalue weighted by atomic mass is 10.1. The summed E-state index contributed by atoms with van der Waals surface area (Å²) in [5.41, 5.74) is 6.53. The predicted octanol–water partition coefficient (Wildman–Crippen LogP) is 6.79. The van der Waals surface area contributed by atoms with Gasteiger partial charge >= 0.3 is 0 Å². The number of hydrogen-bond donors (Lipinski definition) is 1. The highest BCUT2D eigenvalue weighted by Gasteiger charge is 2.09. The van der Waals surface area contributed by atoms with Gasteiger partial charge in [-0.05, 0) is 48.4 Å². The molecule has 0 bridgehead atoms. The summed E-state index contributed by atoms with van der Waals surface area (Å²) in [6.07, 6.45) is 4.62. The summed E-state index contributed by atoms with van der Waals surface area (Å²) in [7, 11) is 0. The zero-order valence-corrected chi connectivity index (χ0v) is 17.4. The summed E-state index contributed by atoms with van der Waals surface area (Å²) in [4.78, 5) is 13.6. The Kier molecular flexibility index (Phi) is 4.79. The Labute approximate surface area is 177 Å². The van der Waals surface area contributed by atoms with Crippen LogP contribution in [0.4, 0.5) is 10.8 Å². The number of fused-ring (bicyclic) bond motifs is 1. The quantitative estimate of drug-likeness (QED) is 0.344. The highest BCUT2D eigenvalue weighted by atomic mass is 32.1. The summed E-state index contributed by atoms with van der Waals surface area (Å²) < 4.78 is 1.21. The Hall–Kier alpha value is -3.09. The van der Waals surface area contributed by atoms with Gasteiger partial charge in [-0.2, -0.15) is 0 Å². The normalized spacial score (nSPS) is 11.1. The molecule has 0 atom stereocenters. The molecule has 3 aromatic heterocycles. The van der Waals surface area contributed by atoms with Crippen LogP contribution in [0.1, 0.15) is 12.5 Å². The van der Waals surface area contributed by atoms with Crippen molar-refractivity contribution in [1.29, 1.82) is 0 Å². The van der Waals surface area contributed by atoms with E-state index >= 15 is 0 Å². The molecule has 0 spiro atoms. The monoisotopic (exact) mass is 414 g/mol. The summed E-state index contributed by atoms with van der Waals surface area (Å²) in [5, 5.41) is 7.45. The van der Waals surface area contributed by atoms with Crippen LogP contribution >= 0.6 is 22.7 Å². The number of hydrogen-bond acceptors (Lipinski definition) is 6. The lowest BCUT2D eigenvalue weighted by Crippen LogP contribution is -1.89. The molecule has 0 unspecified atom stereocenters. The fraction of sp³-hybridized carbons (Fsp3) is 0.0870. The van der Waals surface area contributed by atoms with Gasteiger partial charge in [0.05, 0.1) is 15.9 Å². The minimum absolute atomic E-state index is 0.904. The lowest BCUT2D eigenvalue weighted by molar-refractivity contribution is 1.15. The predicted molar refractivity (Wildman–Crippen MR) is 123 cm³/mol. The molecule has 0 radical (unpaired) electrons. The van der Waals surface area contributed by atoms with Gasteiger partial charge in [0.2, 0.25) is 0 Å². The van der Waals surface area contributed by atoms with E-state index in [0.717, 1.165) is 44.6 Å². The number of pyridine rings is 1. The zero-order valence-electron chi connectivity index (χ0n) is 15.8. The molecule has 0 fully saturated rings. The second-order valence-corrected chi connectivity index (χ2v) is 8.54. The van der Waals surface area contributed by atoms with E-state index in [-0.39, 0.29) is 0 Å². The standard InChI is InChI=1S/C23H18N4S2/c1-2-15-6-7-19-21(12-15)29-23(27-19)25-18-5-3-4-17(13-18)20-14-28-22(26-20)16-8-10-24-11-9-16/h3-14H,2H2,1H3,(H,25,27). The zero-order chi connectivity index (χ0) is 19.6. The molecule has 0 amide bonds. The van der Waals surface area contributed by atoms with E-state index in [9.17, 15) is 0 Å². The summed E-state index contributed by atoms with van der Waals surface area (Å²) in [5.74, 6) is 0. The molecular weight excluding hydrogens is 396 g/mol. The lowest BCUT2D eigenvalue weighted by Gasteiger charge is -2.04. The first-order chi connectivity index (χ1) is 14.3. The average molecular weight is 415 g/mol. The van der Waals surface area contributed by atoms with Crippen LogP contribution in [0.5, 0.6) is 0 Å². The molecule has 29 heavy (non-hydrogen) atoms. The summed E-state index contributed by atoms with van der Waals surface area (Å²) in [6, 6.07) is 18.8. The van der Waals surface area contributed by atoms with Gasteiger partial charge in [-0.25, -0.2) is 9.97 Å². The summed E-state index contributed by atoms with van der Waals surface area (Å²) >= 11 is 3.33. The first kappa shape index (κ1) is 18.0. The van der Waals surface area contributed by atoms with Crippen molar-refractivity contribution in [3.63, 3.8) is 0 Å². The fourth-order valence-corrected chi connectivity index (χ4v) is 4.94. The molecule has 0 saturated carbocycles. The van der Waals surface area contributed by atoms with Crippen LogP contribution in [0.2, 0.25) is 0 Å². The second-order valence-electron chi connectivity index (χ2n) is 6.65. The smallest absolute Gasteiger partial charge is 0.188 e. The van der Waals surface area contributed by atoms with Crippen molar-refractivity contribution in [1.82, 2.24) is 15.0 Å². The number of nitrogens with zero attached hydrogens (tertiary/aromatic N) is 3. The summed E-state index contributed by atoms with van der Waals surface area (Å²) in [6.45, 7) is 2.17. The maximum absolute atomic E-state index is 4.80. The number of anilines is 2. The van der Waals surface area contributed by atoms with Crippen LogP contribution in [-0.2, 0) is 6.42 Å². The van der Waals surface area contributed by atoms with Gasteiger partial charge in [-0.1, -0.05) is 36.5 Å². The van der Waals surface area contributed by atoms with Crippen molar-refractivity contribution in [2.45, 2.75) is 13.3 Å². The number of aryl methyl sites for hydroxylation is 1. The molecule has 1 N–H and O–H groups in total. The molecule has 6 heteroatoms. The van der Waals surface area contributed by atoms with Crippen molar-refractivity contribution >= 4 is 43.7 Å². The van der Waals surface area contributed by atoms with Gasteiger partial charge in [0.15, 0.2) is 5.13 Å². The van der Waals surface area contributed by atoms with E-state index in [1.807, 2.05) is 18.2 Å². The van der Waals surface area contributed by atoms with E-state index in [0.29, 0.717) is 0 Å². The van der Waals surface area contributed by atoms with Crippen LogP contribution in [0.3, 0.4) is 0 Å². The van der Waals surface area contributed by atoms with Crippen LogP contribution in [0.15, 0.2) is 72.4 Å². The largest absolute Gasteiger partial charge is 0.332 e. The maximum atomic E-state index is 4.80. The molecule has 5 rings (SSSR count). The number of benzene rings is 2. The highest BCUT2D eigenvalue weighted by molar-refractivity contribution is 7.22. The number of rotatable bonds is 5. The van der Waals surface area contributed by atoms with Crippen LogP contribution in [-0.4, -0.2) is 15.0 Å². The Bertz CT molecular complexity index is 1270. The van der Waals surface area contributed by atoms with E-state index in [1.165, 1.54) is 10.3 Å². The molecule has 3 heterocycles. The third kappa shape index (κ3) is 3.77. The third-order valence-electron chi connectivity index (χ3n) is 4.70. The Morgan fingerprint density at radius 1 is 0.931 bits per heavy atom. The van der Waals surface area contributed by atoms with Crippen LogP contribution < -0.4 is 5.32 Å². The van der Waals surface area contributed by atoms with Gasteiger partial charge in [-0.15, -0.1) is 11.3 Å². The van der Waals surface area contributed by atoms with Crippen molar-refractivity contribution in [2.75, 3.05) is 5.32 Å². The van der Waals surface area contributed by atoms with E-state index < -0.39 is 0 Å². The molecule has 0 aliphatic carbocycles. The molecule has 0 aliphatic rings. The third-order valence-corrected chi connectivity index (χ3v) is 6.53. The van der Waals surface area contributed by atoms with E-state index in [1.54, 1.807) is 35.1 Å². The van der Waals surface area contributed by atoms with Crippen molar-refractivity contribution in [3.05, 3.63) is 77.9 Å². The molecule has 0 saturated heterocycles. The van der Waals surface area contributed by atoms with Gasteiger partial charge in [0.25, 0.3) is 0 Å². The van der Waals surface area contributed by atoms with Crippen molar-refractivity contribution < 1.29 is 0 Å². The molecule has 0 aliphatic heterocycles. The first-order valence-corrected chi connectivity index (χ1v) is 11.1. The van der Waals surface area contributed by atoms with Gasteiger partial charge < -0.3 is 5.32 Å². The van der Waals surface area contributed by atoms with E-state index in [4.69, 9.17) is 9.97 Å².